The summed E-state index contributed by atoms with van der Waals surface area (Å²) in [7, 11) is 0. The van der Waals surface area contributed by atoms with E-state index in [4.69, 9.17) is 11.6 Å². The molecule has 1 aromatic carbocycles. The fraction of sp³-hybridized carbons (Fsp3) is 0.333. The Hall–Kier alpha value is -1.89. The lowest BCUT2D eigenvalue weighted by molar-refractivity contribution is -0.121. The van der Waals surface area contributed by atoms with E-state index >= 15 is 0 Å². The first kappa shape index (κ1) is 17.9. The molecular formula is C18H20ClN3O2S. The zero-order valence-corrected chi connectivity index (χ0v) is 15.5. The van der Waals surface area contributed by atoms with Crippen LogP contribution in [0, 0.1) is 0 Å². The van der Waals surface area contributed by atoms with Crippen LogP contribution in [-0.4, -0.2) is 53.8 Å². The van der Waals surface area contributed by atoms with E-state index in [-0.39, 0.29) is 17.9 Å². The van der Waals surface area contributed by atoms with Gasteiger partial charge in [-0.3, -0.25) is 14.5 Å². The summed E-state index contributed by atoms with van der Waals surface area (Å²) >= 11 is 7.41. The minimum atomic E-state index is -0.266. The summed E-state index contributed by atoms with van der Waals surface area (Å²) in [6.45, 7) is 4.51. The SMILES string of the molecule is C[C@H](C(=O)Nc1cccc(Cl)c1)N1CCN(C(=O)c2cccs2)CC1. The number of hydrogen-bond acceptors (Lipinski definition) is 4. The number of carbonyl (C=O) groups excluding carboxylic acids is 2. The highest BCUT2D eigenvalue weighted by Crippen LogP contribution is 2.17. The molecule has 1 aliphatic rings. The van der Waals surface area contributed by atoms with E-state index in [9.17, 15) is 9.59 Å². The molecule has 1 fully saturated rings. The molecule has 7 heteroatoms. The van der Waals surface area contributed by atoms with E-state index in [1.807, 2.05) is 35.4 Å². The van der Waals surface area contributed by atoms with Crippen LogP contribution < -0.4 is 5.32 Å². The fourth-order valence-corrected chi connectivity index (χ4v) is 3.73. The third-order valence-corrected chi connectivity index (χ3v) is 5.45. The number of benzene rings is 1. The molecule has 5 nitrogen and oxygen atoms in total. The van der Waals surface area contributed by atoms with Crippen molar-refractivity contribution in [2.45, 2.75) is 13.0 Å². The maximum Gasteiger partial charge on any atom is 0.264 e. The summed E-state index contributed by atoms with van der Waals surface area (Å²) in [5, 5.41) is 5.39. The summed E-state index contributed by atoms with van der Waals surface area (Å²) in [6.07, 6.45) is 0. The van der Waals surface area contributed by atoms with Gasteiger partial charge in [-0.15, -0.1) is 11.3 Å². The Kier molecular flexibility index (Phi) is 5.73. The highest BCUT2D eigenvalue weighted by atomic mass is 35.5. The van der Waals surface area contributed by atoms with Gasteiger partial charge in [-0.25, -0.2) is 0 Å². The van der Waals surface area contributed by atoms with E-state index in [0.717, 1.165) is 4.88 Å². The molecule has 2 aromatic rings. The Morgan fingerprint density at radius 1 is 1.16 bits per heavy atom. The second-order valence-corrected chi connectivity index (χ2v) is 7.37. The van der Waals surface area contributed by atoms with E-state index < -0.39 is 0 Å². The lowest BCUT2D eigenvalue weighted by Crippen LogP contribution is -2.53. The predicted molar refractivity (Wildman–Crippen MR) is 101 cm³/mol. The van der Waals surface area contributed by atoms with Crippen molar-refractivity contribution in [3.05, 3.63) is 51.7 Å². The van der Waals surface area contributed by atoms with E-state index in [0.29, 0.717) is 36.9 Å². The number of amides is 2. The minimum Gasteiger partial charge on any atom is -0.335 e. The van der Waals surface area contributed by atoms with Gasteiger partial charge < -0.3 is 10.2 Å². The normalized spacial score (nSPS) is 16.5. The first-order valence-electron chi connectivity index (χ1n) is 8.18. The van der Waals surface area contributed by atoms with Gasteiger partial charge in [-0.2, -0.15) is 0 Å². The van der Waals surface area contributed by atoms with Gasteiger partial charge in [-0.05, 0) is 36.6 Å². The number of piperazine rings is 1. The third-order valence-electron chi connectivity index (χ3n) is 4.35. The number of nitrogens with zero attached hydrogens (tertiary/aromatic N) is 2. The molecule has 2 amide bonds. The quantitative estimate of drug-likeness (QED) is 0.890. The van der Waals surface area contributed by atoms with Gasteiger partial charge in [0.2, 0.25) is 5.91 Å². The molecule has 2 heterocycles. The Morgan fingerprint density at radius 2 is 1.92 bits per heavy atom. The van der Waals surface area contributed by atoms with Crippen LogP contribution in [0.2, 0.25) is 5.02 Å². The Bertz CT molecular complexity index is 743. The van der Waals surface area contributed by atoms with E-state index in [1.165, 1.54) is 11.3 Å². The second kappa shape index (κ2) is 7.99. The van der Waals surface area contributed by atoms with Crippen molar-refractivity contribution in [1.29, 1.82) is 0 Å². The summed E-state index contributed by atoms with van der Waals surface area (Å²) in [4.78, 5) is 29.5. The lowest BCUT2D eigenvalue weighted by atomic mass is 10.2. The van der Waals surface area contributed by atoms with Gasteiger partial charge in [0.15, 0.2) is 0 Å². The maximum atomic E-state index is 12.5. The van der Waals surface area contributed by atoms with Gasteiger partial charge in [0, 0.05) is 36.9 Å². The maximum absolute atomic E-state index is 12.5. The molecule has 1 N–H and O–H groups in total. The molecule has 0 spiro atoms. The highest BCUT2D eigenvalue weighted by Gasteiger charge is 2.28. The van der Waals surface area contributed by atoms with Gasteiger partial charge in [0.1, 0.15) is 0 Å². The number of nitrogens with one attached hydrogen (secondary N) is 1. The van der Waals surface area contributed by atoms with Crippen molar-refractivity contribution < 1.29 is 9.59 Å². The number of thiophene rings is 1. The van der Waals surface area contributed by atoms with Crippen molar-refractivity contribution in [1.82, 2.24) is 9.80 Å². The number of carbonyl (C=O) groups is 2. The molecule has 1 saturated heterocycles. The molecule has 0 bridgehead atoms. The number of anilines is 1. The Labute approximate surface area is 156 Å². The standard InChI is InChI=1S/C18H20ClN3O2S/c1-13(17(23)20-15-5-2-4-14(19)12-15)21-7-9-22(10-8-21)18(24)16-6-3-11-25-16/h2-6,11-13H,7-10H2,1H3,(H,20,23)/t13-/m1/s1. The summed E-state index contributed by atoms with van der Waals surface area (Å²) in [5.74, 6) is 0.00554. The van der Waals surface area contributed by atoms with Crippen LogP contribution in [0.3, 0.4) is 0 Å². The predicted octanol–water partition coefficient (Wildman–Crippen LogP) is 3.19. The first-order chi connectivity index (χ1) is 12.0. The van der Waals surface area contributed by atoms with Crippen LogP contribution in [0.1, 0.15) is 16.6 Å². The van der Waals surface area contributed by atoms with Crippen LogP contribution in [0.25, 0.3) is 0 Å². The second-order valence-electron chi connectivity index (χ2n) is 5.98. The van der Waals surface area contributed by atoms with Crippen LogP contribution in [0.4, 0.5) is 5.69 Å². The summed E-state index contributed by atoms with van der Waals surface area (Å²) < 4.78 is 0. The Balaban J connectivity index is 1.53. The van der Waals surface area contributed by atoms with Crippen molar-refractivity contribution in [2.75, 3.05) is 31.5 Å². The van der Waals surface area contributed by atoms with E-state index in [1.54, 1.807) is 18.2 Å². The first-order valence-corrected chi connectivity index (χ1v) is 9.43. The number of halogens is 1. The van der Waals surface area contributed by atoms with Crippen LogP contribution in [0.15, 0.2) is 41.8 Å². The fourth-order valence-electron chi connectivity index (χ4n) is 2.85. The molecular weight excluding hydrogens is 358 g/mol. The molecule has 25 heavy (non-hydrogen) atoms. The topological polar surface area (TPSA) is 52.7 Å². The largest absolute Gasteiger partial charge is 0.335 e. The summed E-state index contributed by atoms with van der Waals surface area (Å²) in [6, 6.07) is 10.6. The van der Waals surface area contributed by atoms with Gasteiger partial charge in [0.05, 0.1) is 10.9 Å². The van der Waals surface area contributed by atoms with Crippen molar-refractivity contribution in [2.24, 2.45) is 0 Å². The molecule has 0 radical (unpaired) electrons. The monoisotopic (exact) mass is 377 g/mol. The van der Waals surface area contributed by atoms with Crippen molar-refractivity contribution >= 4 is 40.4 Å². The average Bonchev–Trinajstić information content (AvgIpc) is 3.15. The summed E-state index contributed by atoms with van der Waals surface area (Å²) in [5.41, 5.74) is 0.691. The van der Waals surface area contributed by atoms with Crippen LogP contribution in [-0.2, 0) is 4.79 Å². The van der Waals surface area contributed by atoms with Crippen molar-refractivity contribution in [3.8, 4) is 0 Å². The molecule has 0 aliphatic carbocycles. The smallest absolute Gasteiger partial charge is 0.264 e. The number of hydrogen-bond donors (Lipinski definition) is 1. The minimum absolute atomic E-state index is 0.0692. The van der Waals surface area contributed by atoms with Crippen LogP contribution in [0.5, 0.6) is 0 Å². The molecule has 132 valence electrons. The van der Waals surface area contributed by atoms with Crippen LogP contribution >= 0.6 is 22.9 Å². The zero-order chi connectivity index (χ0) is 17.8. The molecule has 3 rings (SSSR count). The van der Waals surface area contributed by atoms with Gasteiger partial charge in [-0.1, -0.05) is 23.7 Å². The number of rotatable bonds is 4. The lowest BCUT2D eigenvalue weighted by Gasteiger charge is -2.37. The van der Waals surface area contributed by atoms with E-state index in [2.05, 4.69) is 10.2 Å². The molecule has 1 aromatic heterocycles. The molecule has 0 unspecified atom stereocenters. The molecule has 1 aliphatic heterocycles. The molecule has 0 saturated carbocycles. The molecule has 1 atom stereocenters. The van der Waals surface area contributed by atoms with Gasteiger partial charge in [0.25, 0.3) is 5.91 Å². The third kappa shape index (κ3) is 4.39. The van der Waals surface area contributed by atoms with Gasteiger partial charge >= 0.3 is 0 Å². The van der Waals surface area contributed by atoms with Crippen molar-refractivity contribution in [3.63, 3.8) is 0 Å². The zero-order valence-electron chi connectivity index (χ0n) is 13.9. The highest BCUT2D eigenvalue weighted by molar-refractivity contribution is 7.12. The average molecular weight is 378 g/mol. The Morgan fingerprint density at radius 3 is 2.56 bits per heavy atom.